The van der Waals surface area contributed by atoms with Crippen LogP contribution in [-0.4, -0.2) is 73.1 Å². The van der Waals surface area contributed by atoms with Gasteiger partial charge in [-0.15, -0.1) is 11.3 Å². The molecule has 2 amide bonds. The molecular weight excluding hydrogens is 458 g/mol. The Morgan fingerprint density at radius 2 is 1.64 bits per heavy atom. The van der Waals surface area contributed by atoms with Gasteiger partial charge in [0.2, 0.25) is 15.9 Å². The van der Waals surface area contributed by atoms with E-state index in [9.17, 15) is 18.0 Å². The van der Waals surface area contributed by atoms with E-state index in [4.69, 9.17) is 0 Å². The summed E-state index contributed by atoms with van der Waals surface area (Å²) < 4.78 is 27.9. The molecule has 1 unspecified atom stereocenters. The van der Waals surface area contributed by atoms with E-state index in [1.807, 2.05) is 41.8 Å². The third-order valence-electron chi connectivity index (χ3n) is 6.44. The third kappa shape index (κ3) is 4.16. The van der Waals surface area contributed by atoms with Crippen molar-refractivity contribution in [2.75, 3.05) is 32.7 Å². The number of thiophene rings is 1. The Balaban J connectivity index is 1.26. The van der Waals surface area contributed by atoms with Gasteiger partial charge in [-0.05, 0) is 47.2 Å². The van der Waals surface area contributed by atoms with Gasteiger partial charge < -0.3 is 9.80 Å². The van der Waals surface area contributed by atoms with Gasteiger partial charge in [0, 0.05) is 32.7 Å². The van der Waals surface area contributed by atoms with Crippen molar-refractivity contribution in [3.63, 3.8) is 0 Å². The predicted octanol–water partition coefficient (Wildman–Crippen LogP) is 3.04. The highest BCUT2D eigenvalue weighted by atomic mass is 32.2. The highest BCUT2D eigenvalue weighted by molar-refractivity contribution is 7.89. The van der Waals surface area contributed by atoms with Gasteiger partial charge in [-0.25, -0.2) is 8.42 Å². The van der Waals surface area contributed by atoms with Crippen LogP contribution in [0.3, 0.4) is 0 Å². The highest BCUT2D eigenvalue weighted by Gasteiger charge is 2.39. The molecule has 5 rings (SSSR count). The number of carbonyl (C=O) groups excluding carboxylic acids is 2. The van der Waals surface area contributed by atoms with Gasteiger partial charge >= 0.3 is 0 Å². The first-order valence-corrected chi connectivity index (χ1v) is 13.4. The molecule has 0 spiro atoms. The Hall–Kier alpha value is -2.75. The molecule has 3 heterocycles. The summed E-state index contributed by atoms with van der Waals surface area (Å²) in [5.41, 5.74) is 0. The number of benzene rings is 2. The number of carbonyl (C=O) groups is 2. The molecule has 0 radical (unpaired) electrons. The van der Waals surface area contributed by atoms with Crippen molar-refractivity contribution in [3.8, 4) is 0 Å². The maximum absolute atomic E-state index is 13.2. The highest BCUT2D eigenvalue weighted by Crippen LogP contribution is 2.26. The summed E-state index contributed by atoms with van der Waals surface area (Å²) in [4.78, 5) is 30.3. The monoisotopic (exact) mass is 483 g/mol. The van der Waals surface area contributed by atoms with Crippen LogP contribution in [0, 0.1) is 0 Å². The van der Waals surface area contributed by atoms with E-state index in [0.29, 0.717) is 30.9 Å². The summed E-state index contributed by atoms with van der Waals surface area (Å²) in [5, 5.41) is 3.73. The van der Waals surface area contributed by atoms with Gasteiger partial charge in [0.25, 0.3) is 5.91 Å². The summed E-state index contributed by atoms with van der Waals surface area (Å²) in [6.07, 6.45) is 1.44. The smallest absolute Gasteiger partial charge is 0.264 e. The van der Waals surface area contributed by atoms with Gasteiger partial charge in [-0.3, -0.25) is 9.59 Å². The van der Waals surface area contributed by atoms with Crippen LogP contribution in [0.4, 0.5) is 0 Å². The SMILES string of the molecule is O=C(C1CCCN1C(=O)c1cccs1)N1CCN(S(=O)(=O)c2ccc3ccccc3c2)CC1. The number of piperazine rings is 1. The summed E-state index contributed by atoms with van der Waals surface area (Å²) in [6, 6.07) is 16.0. The maximum atomic E-state index is 13.2. The van der Waals surface area contributed by atoms with Crippen molar-refractivity contribution in [3.05, 3.63) is 64.9 Å². The Labute approximate surface area is 197 Å². The van der Waals surface area contributed by atoms with E-state index in [0.717, 1.165) is 17.2 Å². The van der Waals surface area contributed by atoms with Crippen molar-refractivity contribution in [1.82, 2.24) is 14.1 Å². The molecule has 0 bridgehead atoms. The molecule has 172 valence electrons. The average molecular weight is 484 g/mol. The van der Waals surface area contributed by atoms with Crippen molar-refractivity contribution in [2.45, 2.75) is 23.8 Å². The van der Waals surface area contributed by atoms with Crippen LogP contribution >= 0.6 is 11.3 Å². The lowest BCUT2D eigenvalue weighted by molar-refractivity contribution is -0.136. The van der Waals surface area contributed by atoms with Crippen molar-refractivity contribution in [2.24, 2.45) is 0 Å². The Morgan fingerprint density at radius 1 is 0.879 bits per heavy atom. The molecule has 9 heteroatoms. The van der Waals surface area contributed by atoms with Gasteiger partial charge in [0.15, 0.2) is 0 Å². The first-order valence-electron chi connectivity index (χ1n) is 11.1. The summed E-state index contributed by atoms with van der Waals surface area (Å²) in [5.74, 6) is -0.182. The second kappa shape index (κ2) is 8.89. The molecule has 7 nitrogen and oxygen atoms in total. The number of likely N-dealkylation sites (tertiary alicyclic amines) is 1. The quantitative estimate of drug-likeness (QED) is 0.572. The van der Waals surface area contributed by atoms with E-state index in [1.54, 1.807) is 28.0 Å². The first-order chi connectivity index (χ1) is 15.9. The first kappa shape index (κ1) is 22.1. The van der Waals surface area contributed by atoms with Gasteiger partial charge in [0.1, 0.15) is 6.04 Å². The summed E-state index contributed by atoms with van der Waals surface area (Å²) in [7, 11) is -3.64. The molecule has 2 aliphatic heterocycles. The second-order valence-electron chi connectivity index (χ2n) is 8.37. The van der Waals surface area contributed by atoms with Gasteiger partial charge in [-0.2, -0.15) is 4.31 Å². The Morgan fingerprint density at radius 3 is 2.36 bits per heavy atom. The number of amides is 2. The van der Waals surface area contributed by atoms with Crippen LogP contribution in [0.5, 0.6) is 0 Å². The minimum atomic E-state index is -3.64. The lowest BCUT2D eigenvalue weighted by Gasteiger charge is -2.36. The number of sulfonamides is 1. The minimum absolute atomic E-state index is 0.0832. The topological polar surface area (TPSA) is 78.0 Å². The average Bonchev–Trinajstić information content (AvgIpc) is 3.55. The van der Waals surface area contributed by atoms with E-state index in [1.165, 1.54) is 15.6 Å². The molecule has 0 N–H and O–H groups in total. The molecule has 1 aromatic heterocycles. The number of nitrogens with zero attached hydrogens (tertiary/aromatic N) is 3. The van der Waals surface area contributed by atoms with Crippen LogP contribution in [0.1, 0.15) is 22.5 Å². The maximum Gasteiger partial charge on any atom is 0.264 e. The van der Waals surface area contributed by atoms with Crippen LogP contribution in [-0.2, 0) is 14.8 Å². The van der Waals surface area contributed by atoms with E-state index < -0.39 is 16.1 Å². The molecular formula is C24H25N3O4S2. The number of hydrogen-bond donors (Lipinski definition) is 0. The second-order valence-corrected chi connectivity index (χ2v) is 11.3. The number of fused-ring (bicyclic) bond motifs is 1. The fraction of sp³-hybridized carbons (Fsp3) is 0.333. The van der Waals surface area contributed by atoms with E-state index in [-0.39, 0.29) is 29.8 Å². The van der Waals surface area contributed by atoms with E-state index >= 15 is 0 Å². The van der Waals surface area contributed by atoms with Crippen molar-refractivity contribution < 1.29 is 18.0 Å². The van der Waals surface area contributed by atoms with Crippen molar-refractivity contribution in [1.29, 1.82) is 0 Å². The molecule has 3 aromatic rings. The molecule has 2 fully saturated rings. The number of hydrogen-bond acceptors (Lipinski definition) is 5. The normalized spacial score (nSPS) is 19.8. The molecule has 0 saturated carbocycles. The van der Waals surface area contributed by atoms with Crippen LogP contribution in [0.25, 0.3) is 10.8 Å². The van der Waals surface area contributed by atoms with Crippen LogP contribution in [0.15, 0.2) is 64.9 Å². The molecule has 0 aliphatic carbocycles. The lowest BCUT2D eigenvalue weighted by Crippen LogP contribution is -2.55. The molecule has 1 atom stereocenters. The van der Waals surface area contributed by atoms with Gasteiger partial charge in [0.05, 0.1) is 9.77 Å². The Bertz CT molecular complexity index is 1280. The minimum Gasteiger partial charge on any atom is -0.338 e. The zero-order valence-electron chi connectivity index (χ0n) is 18.1. The fourth-order valence-electron chi connectivity index (χ4n) is 4.64. The van der Waals surface area contributed by atoms with Crippen LogP contribution in [0.2, 0.25) is 0 Å². The van der Waals surface area contributed by atoms with Gasteiger partial charge in [-0.1, -0.05) is 36.4 Å². The third-order valence-corrected chi connectivity index (χ3v) is 9.19. The predicted molar refractivity (Wildman–Crippen MR) is 128 cm³/mol. The summed E-state index contributed by atoms with van der Waals surface area (Å²) in [6.45, 7) is 1.70. The van der Waals surface area contributed by atoms with E-state index in [2.05, 4.69) is 0 Å². The molecule has 33 heavy (non-hydrogen) atoms. The molecule has 2 saturated heterocycles. The fourth-order valence-corrected chi connectivity index (χ4v) is 6.78. The van der Waals surface area contributed by atoms with Crippen molar-refractivity contribution >= 4 is 43.9 Å². The summed E-state index contributed by atoms with van der Waals surface area (Å²) >= 11 is 1.38. The Kier molecular flexibility index (Phi) is 5.94. The zero-order chi connectivity index (χ0) is 23.0. The standard InChI is InChI=1S/C24H25N3O4S2/c28-23(21-7-3-11-27(21)24(29)22-8-4-16-32-22)25-12-14-26(15-13-25)33(30,31)20-10-9-18-5-1-2-6-19(18)17-20/h1-2,4-6,8-10,16-17,21H,3,7,11-15H2. The number of rotatable bonds is 4. The molecule has 2 aromatic carbocycles. The largest absolute Gasteiger partial charge is 0.338 e. The molecule has 2 aliphatic rings. The zero-order valence-corrected chi connectivity index (χ0v) is 19.7. The van der Waals surface area contributed by atoms with Crippen LogP contribution < -0.4 is 0 Å². The lowest BCUT2D eigenvalue weighted by atomic mass is 10.1.